The topological polar surface area (TPSA) is 126 Å². The molecule has 9 rings (SSSR count). The number of allylic oxidation sites excluding steroid dienone is 2. The van der Waals surface area contributed by atoms with E-state index in [0.29, 0.717) is 41.4 Å². The fraction of sp³-hybridized carbons (Fsp3) is 0.333. The molecular formula is C33H33FN8O3. The van der Waals surface area contributed by atoms with Crippen molar-refractivity contribution in [2.45, 2.75) is 43.8 Å². The van der Waals surface area contributed by atoms with E-state index < -0.39 is 11.9 Å². The zero-order valence-corrected chi connectivity index (χ0v) is 24.6. The molecule has 0 saturated carbocycles. The molecule has 0 unspecified atom stereocenters. The van der Waals surface area contributed by atoms with Gasteiger partial charge in [-0.15, -0.1) is 0 Å². The van der Waals surface area contributed by atoms with Crippen LogP contribution in [0, 0.1) is 5.82 Å². The quantitative estimate of drug-likeness (QED) is 0.217. The van der Waals surface area contributed by atoms with Gasteiger partial charge in [0.1, 0.15) is 11.3 Å². The summed E-state index contributed by atoms with van der Waals surface area (Å²) in [5.41, 5.74) is 2.20. The number of aromatic nitrogens is 5. The molecule has 3 aromatic heterocycles. The first-order valence-corrected chi connectivity index (χ1v) is 15.4. The van der Waals surface area contributed by atoms with Crippen molar-refractivity contribution in [2.75, 3.05) is 36.9 Å². The molecule has 3 N–H and O–H groups in total. The molecule has 3 saturated heterocycles. The lowest BCUT2D eigenvalue weighted by molar-refractivity contribution is 0.0747. The van der Waals surface area contributed by atoms with Gasteiger partial charge in [0.2, 0.25) is 0 Å². The average Bonchev–Trinajstić information content (AvgIpc) is 3.71. The normalized spacial score (nSPS) is 21.2. The van der Waals surface area contributed by atoms with Gasteiger partial charge in [-0.3, -0.25) is 9.48 Å². The summed E-state index contributed by atoms with van der Waals surface area (Å²) in [6, 6.07) is 14.1. The predicted molar refractivity (Wildman–Crippen MR) is 168 cm³/mol. The Morgan fingerprint density at radius 3 is 2.51 bits per heavy atom. The molecule has 2 aromatic carbocycles. The van der Waals surface area contributed by atoms with Crippen LogP contribution >= 0.6 is 0 Å². The van der Waals surface area contributed by atoms with E-state index in [4.69, 9.17) is 9.51 Å². The van der Waals surface area contributed by atoms with Gasteiger partial charge in [-0.1, -0.05) is 47.6 Å². The number of piperidine rings is 3. The highest BCUT2D eigenvalue weighted by Crippen LogP contribution is 2.42. The molecule has 12 heteroatoms. The molecule has 3 fully saturated rings. The van der Waals surface area contributed by atoms with E-state index in [1.54, 1.807) is 33.8 Å². The van der Waals surface area contributed by atoms with Gasteiger partial charge in [-0.2, -0.15) is 4.98 Å². The zero-order valence-electron chi connectivity index (χ0n) is 24.6. The Kier molecular flexibility index (Phi) is 6.76. The first-order valence-electron chi connectivity index (χ1n) is 15.4. The van der Waals surface area contributed by atoms with Crippen LogP contribution in [0.15, 0.2) is 76.2 Å². The Labute approximate surface area is 258 Å². The number of benzene rings is 2. The lowest BCUT2D eigenvalue weighted by atomic mass is 9.71. The Morgan fingerprint density at radius 2 is 1.76 bits per heavy atom. The summed E-state index contributed by atoms with van der Waals surface area (Å²) in [5, 5.41) is 21.7. The van der Waals surface area contributed by atoms with Crippen LogP contribution in [-0.4, -0.2) is 60.7 Å². The largest absolute Gasteiger partial charge is 0.394 e. The summed E-state index contributed by atoms with van der Waals surface area (Å²) in [5.74, 6) is 0.890. The van der Waals surface area contributed by atoms with Crippen molar-refractivity contribution in [1.29, 1.82) is 0 Å². The van der Waals surface area contributed by atoms with Crippen LogP contribution < -0.4 is 16.2 Å². The van der Waals surface area contributed by atoms with E-state index in [2.05, 4.69) is 25.7 Å². The molecule has 2 bridgehead atoms. The highest BCUT2D eigenvalue weighted by atomic mass is 19.1. The number of anilines is 3. The Morgan fingerprint density at radius 1 is 1.00 bits per heavy atom. The number of hydrogen-bond acceptors (Lipinski definition) is 9. The smallest absolute Gasteiger partial charge is 0.274 e. The highest BCUT2D eigenvalue weighted by molar-refractivity contribution is 5.85. The third-order valence-corrected chi connectivity index (χ3v) is 9.59. The molecule has 230 valence electrons. The van der Waals surface area contributed by atoms with Gasteiger partial charge in [0.15, 0.2) is 11.6 Å². The van der Waals surface area contributed by atoms with E-state index >= 15 is 4.39 Å². The highest BCUT2D eigenvalue weighted by Gasteiger charge is 2.44. The molecule has 11 nitrogen and oxygen atoms in total. The summed E-state index contributed by atoms with van der Waals surface area (Å²) in [4.78, 5) is 24.8. The number of nitrogens with one attached hydrogen (secondary N) is 2. The Balaban J connectivity index is 1.17. The van der Waals surface area contributed by atoms with Gasteiger partial charge in [-0.25, -0.2) is 14.1 Å². The summed E-state index contributed by atoms with van der Waals surface area (Å²) in [6.07, 6.45) is 8.44. The van der Waals surface area contributed by atoms with Crippen LogP contribution in [-0.2, 0) is 18.5 Å². The molecule has 4 aliphatic heterocycles. The van der Waals surface area contributed by atoms with Crippen molar-refractivity contribution in [3.8, 4) is 11.5 Å². The van der Waals surface area contributed by atoms with Gasteiger partial charge in [0.05, 0.1) is 48.1 Å². The maximum atomic E-state index is 16.0. The van der Waals surface area contributed by atoms with Crippen molar-refractivity contribution in [2.24, 2.45) is 0 Å². The van der Waals surface area contributed by atoms with Crippen molar-refractivity contribution in [3.63, 3.8) is 0 Å². The van der Waals surface area contributed by atoms with E-state index in [-0.39, 0.29) is 28.8 Å². The molecular weight excluding hydrogens is 575 g/mol. The van der Waals surface area contributed by atoms with Crippen molar-refractivity contribution in [3.05, 3.63) is 94.4 Å². The van der Waals surface area contributed by atoms with Crippen molar-refractivity contribution in [1.82, 2.24) is 29.4 Å². The minimum atomic E-state index is -0.532. The van der Waals surface area contributed by atoms with E-state index in [1.807, 2.05) is 42.5 Å². The summed E-state index contributed by atoms with van der Waals surface area (Å²) in [6.45, 7) is 3.75. The molecule has 7 heterocycles. The molecule has 0 aliphatic carbocycles. The third-order valence-electron chi connectivity index (χ3n) is 9.59. The first kappa shape index (κ1) is 27.7. The maximum Gasteiger partial charge on any atom is 0.274 e. The second-order valence-corrected chi connectivity index (χ2v) is 12.1. The number of rotatable bonds is 8. The van der Waals surface area contributed by atoms with Gasteiger partial charge in [0, 0.05) is 17.7 Å². The van der Waals surface area contributed by atoms with Gasteiger partial charge >= 0.3 is 0 Å². The van der Waals surface area contributed by atoms with Crippen LogP contribution in [0.4, 0.5) is 21.6 Å². The molecule has 4 aliphatic rings. The number of pyridine rings is 1. The fourth-order valence-electron chi connectivity index (χ4n) is 6.94. The third kappa shape index (κ3) is 4.72. The lowest BCUT2D eigenvalue weighted by Gasteiger charge is -2.46. The summed E-state index contributed by atoms with van der Waals surface area (Å²) >= 11 is 0. The lowest BCUT2D eigenvalue weighted by Crippen LogP contribution is -2.51. The predicted octanol–water partition coefficient (Wildman–Crippen LogP) is 4.58. The van der Waals surface area contributed by atoms with Crippen molar-refractivity contribution >= 4 is 28.1 Å². The van der Waals surface area contributed by atoms with Crippen molar-refractivity contribution < 1.29 is 14.0 Å². The van der Waals surface area contributed by atoms with Crippen LogP contribution in [0.2, 0.25) is 0 Å². The number of aliphatic hydroxyl groups excluding tert-OH is 1. The van der Waals surface area contributed by atoms with Crippen LogP contribution in [0.5, 0.6) is 0 Å². The van der Waals surface area contributed by atoms with Gasteiger partial charge in [-0.05, 0) is 56.6 Å². The monoisotopic (exact) mass is 608 g/mol. The van der Waals surface area contributed by atoms with E-state index in [0.717, 1.165) is 50.3 Å². The SMILES string of the molecule is O=c1c2ccc(Nc3cc(N[C@H](CO)c4ccccc4)c(-c4nc(C56CCN(CC5)CC6)no4)cn3)c(F)c2n2n1CC=CC2. The number of halogens is 1. The van der Waals surface area contributed by atoms with Gasteiger partial charge < -0.3 is 25.2 Å². The Hall–Kier alpha value is -4.81. The van der Waals surface area contributed by atoms with Crippen LogP contribution in [0.3, 0.4) is 0 Å². The second-order valence-electron chi connectivity index (χ2n) is 12.1. The molecule has 1 atom stereocenters. The fourth-order valence-corrected chi connectivity index (χ4v) is 6.94. The number of nitrogens with zero attached hydrogens (tertiary/aromatic N) is 6. The molecule has 5 aromatic rings. The van der Waals surface area contributed by atoms with Crippen LogP contribution in [0.25, 0.3) is 22.4 Å². The number of aliphatic hydroxyl groups is 1. The average molecular weight is 609 g/mol. The molecule has 45 heavy (non-hydrogen) atoms. The first-order chi connectivity index (χ1) is 22.0. The standard InChI is InChI=1S/C33H33FN8O3/c34-28-24(9-8-22-29(28)41-13-4-5-14-42(41)31(22)44)37-27-18-25(36-26(20-43)21-6-2-1-3-7-21)23(19-35-27)30-38-32(39-45-30)33-10-15-40(16-11-33)17-12-33/h1-9,18-19,26,43H,10-17,20H2,(H2,35,36,37)/t26-/m1/s1. The number of fused-ring (bicyclic) bond motifs is 6. The van der Waals surface area contributed by atoms with Gasteiger partial charge in [0.25, 0.3) is 11.4 Å². The molecule has 0 radical (unpaired) electrons. The molecule has 0 amide bonds. The summed E-state index contributed by atoms with van der Waals surface area (Å²) < 4.78 is 25.0. The minimum absolute atomic E-state index is 0.0805. The maximum absolute atomic E-state index is 16.0. The Bertz CT molecular complexity index is 1960. The minimum Gasteiger partial charge on any atom is -0.394 e. The summed E-state index contributed by atoms with van der Waals surface area (Å²) in [7, 11) is 0. The van der Waals surface area contributed by atoms with E-state index in [1.165, 1.54) is 0 Å². The molecule has 0 spiro atoms. The number of hydrogen-bond donors (Lipinski definition) is 3. The second kappa shape index (κ2) is 11.0. The van der Waals surface area contributed by atoms with E-state index in [9.17, 15) is 9.90 Å². The zero-order chi connectivity index (χ0) is 30.5. The van der Waals surface area contributed by atoms with Crippen LogP contribution in [0.1, 0.15) is 36.7 Å².